The highest BCUT2D eigenvalue weighted by Crippen LogP contribution is 2.40. The van der Waals surface area contributed by atoms with Crippen LogP contribution in [0.1, 0.15) is 31.8 Å². The van der Waals surface area contributed by atoms with Gasteiger partial charge in [-0.1, -0.05) is 24.3 Å². The molecule has 1 aliphatic rings. The number of phenols is 1. The Morgan fingerprint density at radius 3 is 2.15 bits per heavy atom. The molecule has 2 aromatic carbocycles. The number of phenolic OH excluding ortho intramolecular Hbond substituents is 1. The molecular weight excluding hydrogens is 257 g/mol. The monoisotopic (exact) mass is 265 g/mol. The lowest BCUT2D eigenvalue weighted by atomic mass is 9.82. The average molecular weight is 265 g/mol. The Kier molecular flexibility index (Phi) is 2.54. The van der Waals surface area contributed by atoms with Crippen LogP contribution >= 0.6 is 0 Å². The summed E-state index contributed by atoms with van der Waals surface area (Å²) >= 11 is 0. The Labute approximate surface area is 115 Å². The Bertz CT molecular complexity index is 770. The lowest BCUT2D eigenvalue weighted by Crippen LogP contribution is -2.22. The lowest BCUT2D eigenvalue weighted by Gasteiger charge is -2.21. The van der Waals surface area contributed by atoms with E-state index in [2.05, 4.69) is 4.65 Å². The van der Waals surface area contributed by atoms with Gasteiger partial charge in [-0.15, -0.1) is 0 Å². The van der Waals surface area contributed by atoms with Crippen LogP contribution in [-0.2, 0) is 0 Å². The molecule has 20 heavy (non-hydrogen) atoms. The van der Waals surface area contributed by atoms with Gasteiger partial charge in [0.2, 0.25) is 0 Å². The molecule has 0 saturated heterocycles. The first kappa shape index (κ1) is 12.3. The van der Waals surface area contributed by atoms with Crippen LogP contribution in [0.5, 0.6) is 11.5 Å². The first-order valence-corrected chi connectivity index (χ1v) is 5.77. The summed E-state index contributed by atoms with van der Waals surface area (Å²) in [6.07, 6.45) is 0. The number of anilines is 1. The molecule has 0 unspecified atom stereocenters. The van der Waals surface area contributed by atoms with Crippen molar-refractivity contribution in [3.05, 3.63) is 52.6 Å². The largest absolute Gasteiger partial charge is 0.566 e. The van der Waals surface area contributed by atoms with E-state index in [1.807, 2.05) is 0 Å². The van der Waals surface area contributed by atoms with Crippen LogP contribution in [0.4, 0.5) is 5.69 Å². The van der Waals surface area contributed by atoms with Gasteiger partial charge in [-0.3, -0.25) is 9.59 Å². The van der Waals surface area contributed by atoms with Crippen molar-refractivity contribution in [1.82, 2.24) is 0 Å². The van der Waals surface area contributed by atoms with Crippen molar-refractivity contribution in [3.63, 3.8) is 0 Å². The van der Waals surface area contributed by atoms with Gasteiger partial charge in [-0.05, 0) is 0 Å². The molecule has 6 heteroatoms. The summed E-state index contributed by atoms with van der Waals surface area (Å²) in [5, 5.41) is 9.94. The minimum atomic E-state index is -0.456. The Morgan fingerprint density at radius 2 is 1.60 bits per heavy atom. The summed E-state index contributed by atoms with van der Waals surface area (Å²) in [4.78, 5) is 24.8. The number of carbonyl (C=O) groups excluding carboxylic acids is 2. The fraction of sp³-hybridized carbons (Fsp3) is 0. The summed E-state index contributed by atoms with van der Waals surface area (Å²) < 4.78 is 4.51. The predicted octanol–water partition coefficient (Wildman–Crippen LogP) is 1.21. The second-order valence-corrected chi connectivity index (χ2v) is 4.38. The van der Waals surface area contributed by atoms with E-state index in [-0.39, 0.29) is 39.4 Å². The van der Waals surface area contributed by atoms with Crippen molar-refractivity contribution >= 4 is 25.3 Å². The number of ketones is 2. The van der Waals surface area contributed by atoms with Gasteiger partial charge in [0.15, 0.2) is 11.6 Å². The van der Waals surface area contributed by atoms with Crippen molar-refractivity contribution in [2.45, 2.75) is 0 Å². The van der Waals surface area contributed by atoms with Gasteiger partial charge in [0.1, 0.15) is 11.5 Å². The molecule has 0 aliphatic heterocycles. The zero-order valence-corrected chi connectivity index (χ0v) is 10.2. The summed E-state index contributed by atoms with van der Waals surface area (Å²) in [5.74, 6) is -1.34. The molecule has 0 bridgehead atoms. The smallest absolute Gasteiger partial charge is 0.374 e. The van der Waals surface area contributed by atoms with Gasteiger partial charge in [0.05, 0.1) is 16.8 Å². The van der Waals surface area contributed by atoms with Crippen molar-refractivity contribution < 1.29 is 19.3 Å². The maximum atomic E-state index is 12.5. The number of rotatable bonds is 1. The van der Waals surface area contributed by atoms with Crippen LogP contribution in [0.15, 0.2) is 30.3 Å². The molecule has 0 fully saturated rings. The van der Waals surface area contributed by atoms with E-state index in [0.29, 0.717) is 0 Å². The maximum Gasteiger partial charge on any atom is 0.374 e. The summed E-state index contributed by atoms with van der Waals surface area (Å²) in [5.41, 5.74) is 6.03. The second kappa shape index (κ2) is 4.13. The number of hydrogen-bond donors (Lipinski definition) is 2. The second-order valence-electron chi connectivity index (χ2n) is 4.38. The van der Waals surface area contributed by atoms with Gasteiger partial charge in [-0.2, -0.15) is 0 Å². The van der Waals surface area contributed by atoms with E-state index in [1.54, 1.807) is 12.1 Å². The highest BCUT2D eigenvalue weighted by molar-refractivity contribution is 6.31. The third kappa shape index (κ3) is 1.45. The molecule has 0 atom stereocenters. The third-order valence-electron chi connectivity index (χ3n) is 3.31. The Morgan fingerprint density at radius 1 is 1.05 bits per heavy atom. The van der Waals surface area contributed by atoms with Gasteiger partial charge in [0.25, 0.3) is 0 Å². The number of hydrogen-bond acceptors (Lipinski definition) is 5. The number of nitrogen functional groups attached to an aromatic ring is 1. The number of aromatic hydroxyl groups is 1. The minimum Gasteiger partial charge on any atom is -0.566 e. The maximum absolute atomic E-state index is 12.5. The fourth-order valence-corrected chi connectivity index (χ4v) is 2.37. The molecule has 0 spiro atoms. The van der Waals surface area contributed by atoms with Gasteiger partial charge >= 0.3 is 8.05 Å². The molecule has 2 aromatic rings. The molecule has 1 aliphatic carbocycles. The van der Waals surface area contributed by atoms with Crippen LogP contribution in [0.3, 0.4) is 0 Å². The van der Waals surface area contributed by atoms with E-state index < -0.39 is 11.6 Å². The van der Waals surface area contributed by atoms with E-state index in [1.165, 1.54) is 12.1 Å². The van der Waals surface area contributed by atoms with Crippen LogP contribution in [0.25, 0.3) is 0 Å². The van der Waals surface area contributed by atoms with Crippen molar-refractivity contribution in [2.24, 2.45) is 0 Å². The highest BCUT2D eigenvalue weighted by atomic mass is 16.4. The molecule has 3 N–H and O–H groups in total. The third-order valence-corrected chi connectivity index (χ3v) is 3.31. The van der Waals surface area contributed by atoms with Gasteiger partial charge in [-0.25, -0.2) is 0 Å². The van der Waals surface area contributed by atoms with E-state index in [0.717, 1.165) is 6.07 Å². The molecule has 0 heterocycles. The average Bonchev–Trinajstić information content (AvgIpc) is 2.46. The SMILES string of the molecule is [B]Oc1cc(O)c2c(c1N)C(=O)c1ccccc1C2=O. The highest BCUT2D eigenvalue weighted by Gasteiger charge is 2.34. The molecule has 5 nitrogen and oxygen atoms in total. The molecule has 96 valence electrons. The predicted molar refractivity (Wildman–Crippen MR) is 72.2 cm³/mol. The fourth-order valence-electron chi connectivity index (χ4n) is 2.37. The topological polar surface area (TPSA) is 89.6 Å². The molecule has 2 radical (unpaired) electrons. The molecule has 0 aromatic heterocycles. The first-order valence-electron chi connectivity index (χ1n) is 5.77. The van der Waals surface area contributed by atoms with Crippen LogP contribution in [0, 0.1) is 0 Å². The van der Waals surface area contributed by atoms with Gasteiger partial charge < -0.3 is 15.5 Å². The van der Waals surface area contributed by atoms with Gasteiger partial charge in [0, 0.05) is 17.2 Å². The standard InChI is InChI=1S/C14H8BNO4/c15-20-9-5-8(17)10-11(12(9)16)14(19)7-4-2-1-3-6(7)13(10)18/h1-5,17H,16H2. The number of benzene rings is 2. The zero-order valence-electron chi connectivity index (χ0n) is 10.2. The Balaban J connectivity index is 2.39. The molecule has 0 amide bonds. The number of carbonyl (C=O) groups is 2. The lowest BCUT2D eigenvalue weighted by molar-refractivity contribution is 0.0977. The van der Waals surface area contributed by atoms with Crippen molar-refractivity contribution in [2.75, 3.05) is 5.73 Å². The summed E-state index contributed by atoms with van der Waals surface area (Å²) in [6, 6.07) is 7.47. The number of fused-ring (bicyclic) bond motifs is 2. The van der Waals surface area contributed by atoms with Crippen molar-refractivity contribution in [1.29, 1.82) is 0 Å². The van der Waals surface area contributed by atoms with Crippen LogP contribution < -0.4 is 10.4 Å². The van der Waals surface area contributed by atoms with E-state index >= 15 is 0 Å². The molecule has 3 rings (SSSR count). The zero-order chi connectivity index (χ0) is 14.4. The summed E-state index contributed by atoms with van der Waals surface area (Å²) in [6.45, 7) is 0. The van der Waals surface area contributed by atoms with Crippen LogP contribution in [-0.4, -0.2) is 24.7 Å². The normalized spacial score (nSPS) is 12.8. The molecule has 0 saturated carbocycles. The van der Waals surface area contributed by atoms with Crippen molar-refractivity contribution in [3.8, 4) is 11.5 Å². The van der Waals surface area contributed by atoms with Crippen LogP contribution in [0.2, 0.25) is 0 Å². The quantitative estimate of drug-likeness (QED) is 0.392. The minimum absolute atomic E-state index is 0.0539. The molecular formula is C14H8BNO4. The first-order chi connectivity index (χ1) is 9.56. The van der Waals surface area contributed by atoms with E-state index in [4.69, 9.17) is 13.8 Å². The Hall–Kier alpha value is -2.76. The number of nitrogens with two attached hydrogens (primary N) is 1. The summed E-state index contributed by atoms with van der Waals surface area (Å²) in [7, 11) is 5.04. The van der Waals surface area contributed by atoms with E-state index in [9.17, 15) is 14.7 Å².